The Morgan fingerprint density at radius 1 is 0.852 bits per heavy atom. The fourth-order valence-electron chi connectivity index (χ4n) is 2.94. The van der Waals surface area contributed by atoms with Crippen molar-refractivity contribution in [3.63, 3.8) is 0 Å². The van der Waals surface area contributed by atoms with Gasteiger partial charge in [-0.2, -0.15) is 0 Å². The standard InChI is InChI=1S/C22H19NO4/c1-16(17-8-4-2-5-9-17)21(18-10-6-3-7-11-18)27-22(24)19-12-14-20(15-13-19)23(25)26/h2-16,21H,1H3/t16-,21+/m0/s1. The van der Waals surface area contributed by atoms with E-state index in [2.05, 4.69) is 0 Å². The summed E-state index contributed by atoms with van der Waals surface area (Å²) in [4.78, 5) is 22.9. The van der Waals surface area contributed by atoms with Crippen LogP contribution in [0.1, 0.15) is 40.4 Å². The third kappa shape index (κ3) is 4.39. The summed E-state index contributed by atoms with van der Waals surface area (Å²) in [6.07, 6.45) is -0.476. The number of hydrogen-bond donors (Lipinski definition) is 0. The van der Waals surface area contributed by atoms with Crippen molar-refractivity contribution in [3.05, 3.63) is 112 Å². The molecular formula is C22H19NO4. The molecule has 0 fully saturated rings. The van der Waals surface area contributed by atoms with Crippen LogP contribution in [0, 0.1) is 10.1 Å². The number of nitro benzene ring substituents is 1. The van der Waals surface area contributed by atoms with Crippen LogP contribution >= 0.6 is 0 Å². The van der Waals surface area contributed by atoms with Gasteiger partial charge in [0, 0.05) is 18.1 Å². The fourth-order valence-corrected chi connectivity index (χ4v) is 2.94. The van der Waals surface area contributed by atoms with Crippen LogP contribution in [-0.2, 0) is 4.74 Å². The van der Waals surface area contributed by atoms with Gasteiger partial charge < -0.3 is 4.74 Å². The monoisotopic (exact) mass is 361 g/mol. The van der Waals surface area contributed by atoms with Crippen LogP contribution in [0.5, 0.6) is 0 Å². The summed E-state index contributed by atoms with van der Waals surface area (Å²) in [5.41, 5.74) is 2.16. The van der Waals surface area contributed by atoms with Gasteiger partial charge in [0.15, 0.2) is 0 Å². The third-order valence-electron chi connectivity index (χ3n) is 4.46. The number of non-ortho nitro benzene ring substituents is 1. The normalized spacial score (nSPS) is 12.8. The molecule has 0 aliphatic carbocycles. The zero-order chi connectivity index (χ0) is 19.2. The molecule has 0 amide bonds. The number of carbonyl (C=O) groups is 1. The van der Waals surface area contributed by atoms with Crippen LogP contribution < -0.4 is 0 Å². The van der Waals surface area contributed by atoms with Crippen LogP contribution in [-0.4, -0.2) is 10.9 Å². The van der Waals surface area contributed by atoms with Crippen molar-refractivity contribution >= 4 is 11.7 Å². The summed E-state index contributed by atoms with van der Waals surface area (Å²) in [5, 5.41) is 10.8. The molecule has 0 heterocycles. The Hall–Kier alpha value is -3.47. The summed E-state index contributed by atoms with van der Waals surface area (Å²) in [5.74, 6) is -0.572. The molecule has 136 valence electrons. The average molecular weight is 361 g/mol. The number of rotatable bonds is 6. The van der Waals surface area contributed by atoms with E-state index in [9.17, 15) is 14.9 Å². The molecule has 27 heavy (non-hydrogen) atoms. The number of nitro groups is 1. The van der Waals surface area contributed by atoms with Crippen molar-refractivity contribution < 1.29 is 14.5 Å². The molecule has 0 N–H and O–H groups in total. The van der Waals surface area contributed by atoms with Crippen molar-refractivity contribution in [1.29, 1.82) is 0 Å². The maximum absolute atomic E-state index is 12.7. The maximum atomic E-state index is 12.7. The lowest BCUT2D eigenvalue weighted by Gasteiger charge is -2.25. The lowest BCUT2D eigenvalue weighted by molar-refractivity contribution is -0.384. The van der Waals surface area contributed by atoms with E-state index >= 15 is 0 Å². The van der Waals surface area contributed by atoms with E-state index in [1.165, 1.54) is 24.3 Å². The van der Waals surface area contributed by atoms with Gasteiger partial charge in [0.2, 0.25) is 0 Å². The van der Waals surface area contributed by atoms with Gasteiger partial charge in [0.1, 0.15) is 6.10 Å². The summed E-state index contributed by atoms with van der Waals surface area (Å²) >= 11 is 0. The van der Waals surface area contributed by atoms with Crippen LogP contribution in [0.15, 0.2) is 84.9 Å². The van der Waals surface area contributed by atoms with Gasteiger partial charge in [0.25, 0.3) is 5.69 Å². The molecule has 0 spiro atoms. The van der Waals surface area contributed by atoms with Crippen LogP contribution in [0.3, 0.4) is 0 Å². The van der Waals surface area contributed by atoms with E-state index in [0.717, 1.165) is 11.1 Å². The van der Waals surface area contributed by atoms with Crippen molar-refractivity contribution in [2.45, 2.75) is 18.9 Å². The molecule has 5 nitrogen and oxygen atoms in total. The van der Waals surface area contributed by atoms with Gasteiger partial charge >= 0.3 is 5.97 Å². The minimum Gasteiger partial charge on any atom is -0.453 e. The van der Waals surface area contributed by atoms with E-state index in [0.29, 0.717) is 0 Å². The average Bonchev–Trinajstić information content (AvgIpc) is 2.72. The predicted molar refractivity (Wildman–Crippen MR) is 103 cm³/mol. The molecule has 5 heteroatoms. The van der Waals surface area contributed by atoms with Gasteiger partial charge in [0.05, 0.1) is 10.5 Å². The second kappa shape index (κ2) is 8.27. The first-order valence-corrected chi connectivity index (χ1v) is 8.61. The van der Waals surface area contributed by atoms with Gasteiger partial charge in [-0.05, 0) is 23.3 Å². The highest BCUT2D eigenvalue weighted by atomic mass is 16.6. The minimum absolute atomic E-state index is 0.0596. The number of ether oxygens (including phenoxy) is 1. The molecule has 3 rings (SSSR count). The zero-order valence-electron chi connectivity index (χ0n) is 14.8. The fraction of sp³-hybridized carbons (Fsp3) is 0.136. The predicted octanol–water partition coefficient (Wildman–Crippen LogP) is 5.30. The summed E-state index contributed by atoms with van der Waals surface area (Å²) < 4.78 is 5.83. The van der Waals surface area contributed by atoms with Crippen molar-refractivity contribution in [3.8, 4) is 0 Å². The van der Waals surface area contributed by atoms with Gasteiger partial charge in [-0.25, -0.2) is 4.79 Å². The number of hydrogen-bond acceptors (Lipinski definition) is 4. The number of carbonyl (C=O) groups excluding carboxylic acids is 1. The summed E-state index contributed by atoms with van der Waals surface area (Å²) in [7, 11) is 0. The van der Waals surface area contributed by atoms with E-state index in [4.69, 9.17) is 4.74 Å². The molecular weight excluding hydrogens is 342 g/mol. The smallest absolute Gasteiger partial charge is 0.338 e. The molecule has 0 aliphatic rings. The largest absolute Gasteiger partial charge is 0.453 e. The Balaban J connectivity index is 1.87. The SMILES string of the molecule is C[C@@H](c1ccccc1)[C@@H](OC(=O)c1ccc([N+](=O)[O-])cc1)c1ccccc1. The molecule has 0 aliphatic heterocycles. The van der Waals surface area contributed by atoms with Crippen LogP contribution in [0.4, 0.5) is 5.69 Å². The van der Waals surface area contributed by atoms with Gasteiger partial charge in [-0.15, -0.1) is 0 Å². The molecule has 3 aromatic carbocycles. The molecule has 3 aromatic rings. The van der Waals surface area contributed by atoms with Crippen molar-refractivity contribution in [2.24, 2.45) is 0 Å². The Labute approximate surface area is 157 Å². The van der Waals surface area contributed by atoms with Gasteiger partial charge in [-0.3, -0.25) is 10.1 Å². The van der Waals surface area contributed by atoms with E-state index in [1.54, 1.807) is 0 Å². The highest BCUT2D eigenvalue weighted by Gasteiger charge is 2.25. The molecule has 0 saturated carbocycles. The lowest BCUT2D eigenvalue weighted by atomic mass is 9.90. The molecule has 0 unspecified atom stereocenters. The summed E-state index contributed by atoms with van der Waals surface area (Å²) in [6, 6.07) is 24.8. The van der Waals surface area contributed by atoms with Gasteiger partial charge in [-0.1, -0.05) is 67.6 Å². The van der Waals surface area contributed by atoms with E-state index in [-0.39, 0.29) is 17.2 Å². The van der Waals surface area contributed by atoms with E-state index in [1.807, 2.05) is 67.6 Å². The zero-order valence-corrected chi connectivity index (χ0v) is 14.8. The number of esters is 1. The number of nitrogens with zero attached hydrogens (tertiary/aromatic N) is 1. The lowest BCUT2D eigenvalue weighted by Crippen LogP contribution is -2.17. The second-order valence-corrected chi connectivity index (χ2v) is 6.24. The van der Waals surface area contributed by atoms with E-state index < -0.39 is 17.0 Å². The highest BCUT2D eigenvalue weighted by Crippen LogP contribution is 2.34. The molecule has 2 atom stereocenters. The summed E-state index contributed by atoms with van der Waals surface area (Å²) in [6.45, 7) is 2.01. The highest BCUT2D eigenvalue weighted by molar-refractivity contribution is 5.89. The van der Waals surface area contributed by atoms with Crippen LogP contribution in [0.25, 0.3) is 0 Å². The number of benzene rings is 3. The van der Waals surface area contributed by atoms with Crippen LogP contribution in [0.2, 0.25) is 0 Å². The Bertz CT molecular complexity index is 908. The topological polar surface area (TPSA) is 69.4 Å². The Morgan fingerprint density at radius 2 is 1.37 bits per heavy atom. The molecule has 0 radical (unpaired) electrons. The van der Waals surface area contributed by atoms with Crippen molar-refractivity contribution in [1.82, 2.24) is 0 Å². The molecule has 0 saturated heterocycles. The first-order valence-electron chi connectivity index (χ1n) is 8.61. The quantitative estimate of drug-likeness (QED) is 0.339. The Kier molecular flexibility index (Phi) is 5.61. The first-order chi connectivity index (χ1) is 13.1. The molecule has 0 bridgehead atoms. The second-order valence-electron chi connectivity index (χ2n) is 6.24. The third-order valence-corrected chi connectivity index (χ3v) is 4.46. The Morgan fingerprint density at radius 3 is 1.89 bits per heavy atom. The minimum atomic E-state index is -0.512. The first kappa shape index (κ1) is 18.3. The maximum Gasteiger partial charge on any atom is 0.338 e. The molecule has 0 aromatic heterocycles. The van der Waals surface area contributed by atoms with Crippen molar-refractivity contribution in [2.75, 3.05) is 0 Å².